The first-order chi connectivity index (χ1) is 8.84. The van der Waals surface area contributed by atoms with Crippen LogP contribution in [0.3, 0.4) is 0 Å². The van der Waals surface area contributed by atoms with Gasteiger partial charge in [0.1, 0.15) is 0 Å². The molecule has 0 radical (unpaired) electrons. The van der Waals surface area contributed by atoms with E-state index in [0.717, 1.165) is 37.1 Å². The molecule has 1 aromatic carbocycles. The Morgan fingerprint density at radius 2 is 2.11 bits per heavy atom. The second-order valence-electron chi connectivity index (χ2n) is 5.20. The molecule has 0 aliphatic carbocycles. The minimum atomic E-state index is 0.322. The maximum atomic E-state index is 11.8. The molecule has 4 rings (SSSR count). The van der Waals surface area contributed by atoms with Crippen LogP contribution >= 0.6 is 11.8 Å². The summed E-state index contributed by atoms with van der Waals surface area (Å²) < 4.78 is 0. The molecule has 0 unspecified atom stereocenters. The van der Waals surface area contributed by atoms with E-state index in [1.165, 1.54) is 28.6 Å². The van der Waals surface area contributed by atoms with Crippen LogP contribution in [0.25, 0.3) is 0 Å². The van der Waals surface area contributed by atoms with E-state index in [0.29, 0.717) is 11.2 Å². The molecule has 0 N–H and O–H groups in total. The Morgan fingerprint density at radius 1 is 1.22 bits per heavy atom. The van der Waals surface area contributed by atoms with Crippen molar-refractivity contribution in [3.05, 3.63) is 46.7 Å². The molecule has 92 valence electrons. The first-order valence-corrected chi connectivity index (χ1v) is 7.57. The van der Waals surface area contributed by atoms with Crippen LogP contribution in [-0.4, -0.2) is 22.3 Å². The predicted octanol–water partition coefficient (Wildman–Crippen LogP) is 2.91. The van der Waals surface area contributed by atoms with Gasteiger partial charge < -0.3 is 4.90 Å². The summed E-state index contributed by atoms with van der Waals surface area (Å²) in [6.45, 7) is 1.08. The molecule has 1 aromatic rings. The average molecular weight is 257 g/mol. The summed E-state index contributed by atoms with van der Waals surface area (Å²) >= 11 is 1.49. The fraction of sp³-hybridized carbons (Fsp3) is 0.400. The zero-order valence-electron chi connectivity index (χ0n) is 10.2. The standard InChI is InChI=1S/C15H15NOS/c17-15-12-5-6-13-11-4-2-1-3-10(11)7-8-16(13)14(12)9-18-15/h1-4,13H,5-9H2/t13-/m1/s1. The van der Waals surface area contributed by atoms with E-state index in [9.17, 15) is 4.79 Å². The molecule has 0 bridgehead atoms. The third-order valence-corrected chi connectivity index (χ3v) is 5.29. The number of carbonyl (C=O) groups is 1. The quantitative estimate of drug-likeness (QED) is 0.713. The molecule has 1 atom stereocenters. The monoisotopic (exact) mass is 257 g/mol. The van der Waals surface area contributed by atoms with E-state index >= 15 is 0 Å². The average Bonchev–Trinajstić information content (AvgIpc) is 2.80. The topological polar surface area (TPSA) is 20.3 Å². The van der Waals surface area contributed by atoms with E-state index in [-0.39, 0.29) is 0 Å². The first kappa shape index (κ1) is 10.7. The van der Waals surface area contributed by atoms with Gasteiger partial charge in [0.2, 0.25) is 5.12 Å². The van der Waals surface area contributed by atoms with Crippen molar-refractivity contribution in [2.24, 2.45) is 0 Å². The Morgan fingerprint density at radius 3 is 3.06 bits per heavy atom. The summed E-state index contributed by atoms with van der Waals surface area (Å²) in [6, 6.07) is 9.31. The van der Waals surface area contributed by atoms with Crippen molar-refractivity contribution in [3.8, 4) is 0 Å². The fourth-order valence-corrected chi connectivity index (χ4v) is 4.50. The summed E-state index contributed by atoms with van der Waals surface area (Å²) in [5, 5.41) is 0.322. The largest absolute Gasteiger partial charge is 0.366 e. The van der Waals surface area contributed by atoms with Crippen molar-refractivity contribution in [2.75, 3.05) is 12.3 Å². The van der Waals surface area contributed by atoms with Crippen LogP contribution < -0.4 is 0 Å². The van der Waals surface area contributed by atoms with Gasteiger partial charge in [0.15, 0.2) is 0 Å². The Hall–Kier alpha value is -1.22. The number of benzene rings is 1. The lowest BCUT2D eigenvalue weighted by Crippen LogP contribution is -2.38. The van der Waals surface area contributed by atoms with Gasteiger partial charge in [0.05, 0.1) is 6.04 Å². The summed E-state index contributed by atoms with van der Waals surface area (Å²) in [7, 11) is 0. The van der Waals surface area contributed by atoms with Gasteiger partial charge >= 0.3 is 0 Å². The third kappa shape index (κ3) is 1.40. The fourth-order valence-electron chi connectivity index (χ4n) is 3.50. The molecule has 0 amide bonds. The molecule has 0 fully saturated rings. The molecule has 3 heterocycles. The molecule has 18 heavy (non-hydrogen) atoms. The van der Waals surface area contributed by atoms with Crippen molar-refractivity contribution >= 4 is 16.9 Å². The normalized spacial score (nSPS) is 25.9. The number of nitrogens with zero attached hydrogens (tertiary/aromatic N) is 1. The van der Waals surface area contributed by atoms with E-state index < -0.39 is 0 Å². The number of thioether (sulfide) groups is 1. The van der Waals surface area contributed by atoms with Crippen LogP contribution in [-0.2, 0) is 11.2 Å². The highest BCUT2D eigenvalue weighted by molar-refractivity contribution is 8.14. The highest BCUT2D eigenvalue weighted by Gasteiger charge is 2.38. The van der Waals surface area contributed by atoms with E-state index in [4.69, 9.17) is 0 Å². The minimum Gasteiger partial charge on any atom is -0.366 e. The van der Waals surface area contributed by atoms with E-state index in [1.54, 1.807) is 0 Å². The smallest absolute Gasteiger partial charge is 0.217 e. The highest BCUT2D eigenvalue weighted by Crippen LogP contribution is 2.45. The number of hydrogen-bond acceptors (Lipinski definition) is 3. The molecule has 3 heteroatoms. The van der Waals surface area contributed by atoms with Crippen LogP contribution in [0.4, 0.5) is 0 Å². The van der Waals surface area contributed by atoms with Crippen molar-refractivity contribution in [2.45, 2.75) is 25.3 Å². The molecular weight excluding hydrogens is 242 g/mol. The lowest BCUT2D eigenvalue weighted by Gasteiger charge is -2.42. The Balaban J connectivity index is 1.79. The zero-order valence-corrected chi connectivity index (χ0v) is 11.0. The van der Waals surface area contributed by atoms with Crippen LogP contribution in [0.2, 0.25) is 0 Å². The number of rotatable bonds is 0. The second kappa shape index (κ2) is 3.89. The molecule has 0 spiro atoms. The molecule has 0 aromatic heterocycles. The summed E-state index contributed by atoms with van der Waals surface area (Å²) in [6.07, 6.45) is 3.18. The zero-order chi connectivity index (χ0) is 12.1. The van der Waals surface area contributed by atoms with Gasteiger partial charge in [-0.15, -0.1) is 0 Å². The Labute approximate surface area is 111 Å². The maximum absolute atomic E-state index is 11.8. The lowest BCUT2D eigenvalue weighted by atomic mass is 9.85. The van der Waals surface area contributed by atoms with E-state index in [1.807, 2.05) is 0 Å². The van der Waals surface area contributed by atoms with Gasteiger partial charge in [-0.25, -0.2) is 0 Å². The van der Waals surface area contributed by atoms with Gasteiger partial charge in [-0.05, 0) is 30.4 Å². The number of fused-ring (bicyclic) bond motifs is 4. The lowest BCUT2D eigenvalue weighted by molar-refractivity contribution is -0.108. The summed E-state index contributed by atoms with van der Waals surface area (Å²) in [4.78, 5) is 14.3. The van der Waals surface area contributed by atoms with Crippen molar-refractivity contribution in [3.63, 3.8) is 0 Å². The highest BCUT2D eigenvalue weighted by atomic mass is 32.2. The van der Waals surface area contributed by atoms with E-state index in [2.05, 4.69) is 29.2 Å². The van der Waals surface area contributed by atoms with Crippen LogP contribution in [0.5, 0.6) is 0 Å². The van der Waals surface area contributed by atoms with Crippen molar-refractivity contribution < 1.29 is 4.79 Å². The molecule has 0 saturated heterocycles. The van der Waals surface area contributed by atoms with Gasteiger partial charge in [0.25, 0.3) is 0 Å². The van der Waals surface area contributed by atoms with Crippen molar-refractivity contribution in [1.82, 2.24) is 4.90 Å². The molecule has 3 aliphatic rings. The Kier molecular flexibility index (Phi) is 2.31. The second-order valence-corrected chi connectivity index (χ2v) is 6.15. The first-order valence-electron chi connectivity index (χ1n) is 6.58. The van der Waals surface area contributed by atoms with Crippen LogP contribution in [0.1, 0.15) is 30.0 Å². The maximum Gasteiger partial charge on any atom is 0.217 e. The predicted molar refractivity (Wildman–Crippen MR) is 73.3 cm³/mol. The van der Waals surface area contributed by atoms with Crippen LogP contribution in [0, 0.1) is 0 Å². The van der Waals surface area contributed by atoms with Gasteiger partial charge in [0, 0.05) is 23.6 Å². The Bertz CT molecular complexity index is 563. The summed E-state index contributed by atoms with van der Waals surface area (Å²) in [5.74, 6) is 0.896. The van der Waals surface area contributed by atoms with Crippen molar-refractivity contribution in [1.29, 1.82) is 0 Å². The summed E-state index contributed by atoms with van der Waals surface area (Å²) in [5.41, 5.74) is 5.42. The van der Waals surface area contributed by atoms with Gasteiger partial charge in [-0.3, -0.25) is 4.79 Å². The molecule has 0 saturated carbocycles. The minimum absolute atomic E-state index is 0.322. The van der Waals surface area contributed by atoms with Crippen LogP contribution in [0.15, 0.2) is 35.5 Å². The number of hydrogen-bond donors (Lipinski definition) is 0. The van der Waals surface area contributed by atoms with Gasteiger partial charge in [-0.1, -0.05) is 36.0 Å². The van der Waals surface area contributed by atoms with Gasteiger partial charge in [-0.2, -0.15) is 0 Å². The molecule has 2 nitrogen and oxygen atoms in total. The SMILES string of the molecule is O=C1SCC2=C1CC[C@@H]1c3ccccc3CCN21. The third-order valence-electron chi connectivity index (χ3n) is 4.36. The number of carbonyl (C=O) groups excluding carboxylic acids is 1. The molecule has 3 aliphatic heterocycles. The molecular formula is C15H15NOS.